The van der Waals surface area contributed by atoms with Crippen LogP contribution in [0.5, 0.6) is 0 Å². The van der Waals surface area contributed by atoms with Gasteiger partial charge in [0.05, 0.1) is 23.6 Å². The average molecular weight is 353 g/mol. The van der Waals surface area contributed by atoms with Gasteiger partial charge in [0.1, 0.15) is 5.82 Å². The molecule has 134 valence electrons. The molecule has 1 atom stereocenters. The summed E-state index contributed by atoms with van der Waals surface area (Å²) >= 11 is 0. The Bertz CT molecular complexity index is 880. The topological polar surface area (TPSA) is 69.2 Å². The molecule has 2 N–H and O–H groups in total. The van der Waals surface area contributed by atoms with Gasteiger partial charge in [-0.15, -0.1) is 0 Å². The van der Waals surface area contributed by atoms with Crippen LogP contribution in [0.3, 0.4) is 0 Å². The van der Waals surface area contributed by atoms with Crippen molar-refractivity contribution < 1.29 is 14.3 Å². The van der Waals surface area contributed by atoms with Crippen molar-refractivity contribution in [2.45, 2.75) is 12.5 Å². The highest BCUT2D eigenvalue weighted by atomic mass is 19.1. The molecular formula is C20H20FN3O2. The molecule has 26 heavy (non-hydrogen) atoms. The number of aliphatic hydroxyl groups is 1. The molecule has 0 aliphatic heterocycles. The minimum absolute atomic E-state index is 0.238. The Balaban J connectivity index is 1.69. The lowest BCUT2D eigenvalue weighted by Gasteiger charge is -2.19. The summed E-state index contributed by atoms with van der Waals surface area (Å²) in [6, 6.07) is 15.3. The number of aliphatic hydroxyl groups excluding tert-OH is 1. The van der Waals surface area contributed by atoms with Crippen molar-refractivity contribution >= 4 is 5.91 Å². The summed E-state index contributed by atoms with van der Waals surface area (Å²) in [6.45, 7) is 0.378. The molecule has 0 saturated heterocycles. The zero-order chi connectivity index (χ0) is 18.5. The molecule has 0 spiro atoms. The van der Waals surface area contributed by atoms with E-state index in [-0.39, 0.29) is 11.7 Å². The lowest BCUT2D eigenvalue weighted by molar-refractivity contribution is 0.0762. The van der Waals surface area contributed by atoms with Crippen molar-refractivity contribution in [1.82, 2.24) is 15.1 Å². The van der Waals surface area contributed by atoms with Crippen LogP contribution in [0.4, 0.5) is 4.39 Å². The van der Waals surface area contributed by atoms with Gasteiger partial charge in [-0.1, -0.05) is 42.5 Å². The van der Waals surface area contributed by atoms with Crippen LogP contribution in [-0.4, -0.2) is 39.7 Å². The van der Waals surface area contributed by atoms with Gasteiger partial charge in [-0.3, -0.25) is 9.89 Å². The van der Waals surface area contributed by atoms with Crippen LogP contribution in [-0.2, 0) is 0 Å². The first kappa shape index (κ1) is 17.8. The summed E-state index contributed by atoms with van der Waals surface area (Å²) in [4.78, 5) is 14.3. The van der Waals surface area contributed by atoms with Gasteiger partial charge in [-0.05, 0) is 24.1 Å². The van der Waals surface area contributed by atoms with E-state index in [1.165, 1.54) is 23.2 Å². The van der Waals surface area contributed by atoms with E-state index in [1.54, 1.807) is 19.2 Å². The van der Waals surface area contributed by atoms with Gasteiger partial charge in [0.2, 0.25) is 0 Å². The Kier molecular flexibility index (Phi) is 5.43. The second-order valence-electron chi connectivity index (χ2n) is 6.11. The summed E-state index contributed by atoms with van der Waals surface area (Å²) < 4.78 is 13.5. The predicted molar refractivity (Wildman–Crippen MR) is 97.0 cm³/mol. The highest BCUT2D eigenvalue weighted by Crippen LogP contribution is 2.23. The third kappa shape index (κ3) is 3.97. The van der Waals surface area contributed by atoms with E-state index in [0.29, 0.717) is 29.8 Å². The van der Waals surface area contributed by atoms with Gasteiger partial charge >= 0.3 is 0 Å². The van der Waals surface area contributed by atoms with Gasteiger partial charge in [-0.25, -0.2) is 4.39 Å². The summed E-state index contributed by atoms with van der Waals surface area (Å²) in [5.74, 6) is -0.617. The van der Waals surface area contributed by atoms with Gasteiger partial charge < -0.3 is 10.0 Å². The quantitative estimate of drug-likeness (QED) is 0.713. The van der Waals surface area contributed by atoms with Crippen LogP contribution in [0.25, 0.3) is 11.3 Å². The van der Waals surface area contributed by atoms with Crippen molar-refractivity contribution in [3.05, 3.63) is 77.7 Å². The van der Waals surface area contributed by atoms with E-state index in [1.807, 2.05) is 30.3 Å². The van der Waals surface area contributed by atoms with Crippen LogP contribution in [0.2, 0.25) is 0 Å². The molecule has 3 aromatic rings. The fourth-order valence-corrected chi connectivity index (χ4v) is 2.78. The number of nitrogens with zero attached hydrogens (tertiary/aromatic N) is 2. The van der Waals surface area contributed by atoms with E-state index in [4.69, 9.17) is 0 Å². The van der Waals surface area contributed by atoms with E-state index >= 15 is 0 Å². The summed E-state index contributed by atoms with van der Waals surface area (Å²) in [5, 5.41) is 16.9. The van der Waals surface area contributed by atoms with Gasteiger partial charge in [0, 0.05) is 19.2 Å². The maximum Gasteiger partial charge on any atom is 0.257 e. The molecule has 1 heterocycles. The van der Waals surface area contributed by atoms with Crippen LogP contribution in [0, 0.1) is 5.82 Å². The fraction of sp³-hybridized carbons (Fsp3) is 0.200. The van der Waals surface area contributed by atoms with Crippen LogP contribution in [0.15, 0.2) is 60.8 Å². The number of hydrogen-bond acceptors (Lipinski definition) is 3. The van der Waals surface area contributed by atoms with Crippen molar-refractivity contribution in [3.63, 3.8) is 0 Å². The molecular weight excluding hydrogens is 333 g/mol. The summed E-state index contributed by atoms with van der Waals surface area (Å²) in [6.07, 6.45) is 1.21. The number of halogens is 1. The fourth-order valence-electron chi connectivity index (χ4n) is 2.78. The number of aromatic nitrogens is 2. The molecule has 1 unspecified atom stereocenters. The minimum Gasteiger partial charge on any atom is -0.388 e. The maximum absolute atomic E-state index is 13.5. The zero-order valence-corrected chi connectivity index (χ0v) is 14.4. The average Bonchev–Trinajstić information content (AvgIpc) is 3.15. The number of carbonyl (C=O) groups excluding carboxylic acids is 1. The van der Waals surface area contributed by atoms with E-state index in [0.717, 1.165) is 5.56 Å². The number of hydrogen-bond donors (Lipinski definition) is 2. The molecule has 0 radical (unpaired) electrons. The molecule has 3 rings (SSSR count). The van der Waals surface area contributed by atoms with Crippen LogP contribution in [0.1, 0.15) is 28.4 Å². The highest BCUT2D eigenvalue weighted by Gasteiger charge is 2.20. The van der Waals surface area contributed by atoms with Crippen LogP contribution >= 0.6 is 0 Å². The first-order chi connectivity index (χ1) is 12.6. The monoisotopic (exact) mass is 353 g/mol. The van der Waals surface area contributed by atoms with Gasteiger partial charge in [0.25, 0.3) is 5.91 Å². The smallest absolute Gasteiger partial charge is 0.257 e. The second-order valence-corrected chi connectivity index (χ2v) is 6.11. The standard InChI is InChI=1S/C20H20FN3O2/c1-24(11-10-18(25)14-6-3-2-4-7-14)20(26)17-13-22-23-19(17)15-8-5-9-16(21)12-15/h2-9,12-13,18,25H,10-11H2,1H3,(H,22,23). The van der Waals surface area contributed by atoms with Gasteiger partial charge in [-0.2, -0.15) is 5.10 Å². The number of aromatic amines is 1. The normalized spacial score (nSPS) is 12.0. The molecule has 6 heteroatoms. The number of rotatable bonds is 6. The molecule has 0 bridgehead atoms. The summed E-state index contributed by atoms with van der Waals surface area (Å²) in [5.41, 5.74) is 2.22. The first-order valence-corrected chi connectivity index (χ1v) is 8.34. The maximum atomic E-state index is 13.5. The van der Waals surface area contributed by atoms with E-state index < -0.39 is 6.10 Å². The lowest BCUT2D eigenvalue weighted by Crippen LogP contribution is -2.28. The number of amides is 1. The molecule has 5 nitrogen and oxygen atoms in total. The van der Waals surface area contributed by atoms with Crippen molar-refractivity contribution in [1.29, 1.82) is 0 Å². The number of benzene rings is 2. The molecule has 0 aliphatic rings. The number of carbonyl (C=O) groups is 1. The lowest BCUT2D eigenvalue weighted by atomic mass is 10.1. The Hall–Kier alpha value is -2.99. The van der Waals surface area contributed by atoms with Crippen LogP contribution < -0.4 is 0 Å². The molecule has 0 saturated carbocycles. The molecule has 1 amide bonds. The molecule has 1 aromatic heterocycles. The molecule has 2 aromatic carbocycles. The van der Waals surface area contributed by atoms with Crippen molar-refractivity contribution in [2.75, 3.05) is 13.6 Å². The third-order valence-corrected chi connectivity index (χ3v) is 4.25. The third-order valence-electron chi connectivity index (χ3n) is 4.25. The Morgan fingerprint density at radius 2 is 2.00 bits per heavy atom. The van der Waals surface area contributed by atoms with E-state index in [2.05, 4.69) is 10.2 Å². The van der Waals surface area contributed by atoms with Crippen molar-refractivity contribution in [2.24, 2.45) is 0 Å². The summed E-state index contributed by atoms with van der Waals surface area (Å²) in [7, 11) is 1.67. The Morgan fingerprint density at radius 3 is 2.73 bits per heavy atom. The molecule has 0 fully saturated rings. The Morgan fingerprint density at radius 1 is 1.23 bits per heavy atom. The SMILES string of the molecule is CN(CCC(O)c1ccccc1)C(=O)c1cn[nH]c1-c1cccc(F)c1. The van der Waals surface area contributed by atoms with E-state index in [9.17, 15) is 14.3 Å². The predicted octanol–water partition coefficient (Wildman–Crippen LogP) is 3.41. The second kappa shape index (κ2) is 7.93. The largest absolute Gasteiger partial charge is 0.388 e. The highest BCUT2D eigenvalue weighted by molar-refractivity contribution is 5.99. The first-order valence-electron chi connectivity index (χ1n) is 8.34. The Labute approximate surface area is 151 Å². The van der Waals surface area contributed by atoms with Gasteiger partial charge in [0.15, 0.2) is 0 Å². The minimum atomic E-state index is -0.640. The van der Waals surface area contributed by atoms with Crippen molar-refractivity contribution in [3.8, 4) is 11.3 Å². The number of nitrogens with one attached hydrogen (secondary N) is 1. The molecule has 0 aliphatic carbocycles. The number of H-pyrrole nitrogens is 1. The zero-order valence-electron chi connectivity index (χ0n) is 14.4.